The van der Waals surface area contributed by atoms with E-state index in [-0.39, 0.29) is 5.91 Å². The minimum Gasteiger partial charge on any atom is -0.383 e. The summed E-state index contributed by atoms with van der Waals surface area (Å²) in [5, 5.41) is 3.87. The first-order valence-corrected chi connectivity index (χ1v) is 8.96. The summed E-state index contributed by atoms with van der Waals surface area (Å²) in [5.41, 5.74) is 5.82. The summed E-state index contributed by atoms with van der Waals surface area (Å²) >= 11 is 1.62. The normalized spacial score (nSPS) is 14.3. The summed E-state index contributed by atoms with van der Waals surface area (Å²) in [4.78, 5) is 22.6. The van der Waals surface area contributed by atoms with Crippen molar-refractivity contribution in [2.24, 2.45) is 0 Å². The number of likely N-dealkylation sites (tertiary alicyclic amines) is 1. The molecule has 0 radical (unpaired) electrons. The molecule has 1 aliphatic heterocycles. The number of aromatic nitrogens is 2. The van der Waals surface area contributed by atoms with Gasteiger partial charge in [-0.3, -0.25) is 4.79 Å². The van der Waals surface area contributed by atoms with Crippen LogP contribution in [0.2, 0.25) is 0 Å². The van der Waals surface area contributed by atoms with Crippen molar-refractivity contribution in [2.75, 3.05) is 36.4 Å². The SMILES string of the molecule is CCCCSc1nc(N)cc(NCCC(=O)N2CCCC2)n1. The van der Waals surface area contributed by atoms with Crippen LogP contribution >= 0.6 is 11.8 Å². The number of nitrogens with two attached hydrogens (primary N) is 1. The molecule has 22 heavy (non-hydrogen) atoms. The Bertz CT molecular complexity index is 491. The highest BCUT2D eigenvalue weighted by Crippen LogP contribution is 2.19. The number of anilines is 2. The van der Waals surface area contributed by atoms with Crippen LogP contribution in [0.3, 0.4) is 0 Å². The highest BCUT2D eigenvalue weighted by Gasteiger charge is 2.17. The van der Waals surface area contributed by atoms with Gasteiger partial charge >= 0.3 is 0 Å². The number of amides is 1. The van der Waals surface area contributed by atoms with Gasteiger partial charge in [0.15, 0.2) is 5.16 Å². The molecule has 1 amide bonds. The topological polar surface area (TPSA) is 84.1 Å². The van der Waals surface area contributed by atoms with Crippen LogP contribution in [0.15, 0.2) is 11.2 Å². The van der Waals surface area contributed by atoms with E-state index < -0.39 is 0 Å². The molecule has 1 aromatic heterocycles. The second kappa shape index (κ2) is 8.82. The summed E-state index contributed by atoms with van der Waals surface area (Å²) in [5.74, 6) is 2.36. The van der Waals surface area contributed by atoms with Gasteiger partial charge in [-0.2, -0.15) is 0 Å². The van der Waals surface area contributed by atoms with Crippen molar-refractivity contribution >= 4 is 29.3 Å². The maximum absolute atomic E-state index is 12.0. The number of hydrogen-bond acceptors (Lipinski definition) is 6. The second-order valence-corrected chi connectivity index (χ2v) is 6.49. The monoisotopic (exact) mass is 323 g/mol. The maximum atomic E-state index is 12.0. The lowest BCUT2D eigenvalue weighted by molar-refractivity contribution is -0.129. The molecule has 1 aromatic rings. The lowest BCUT2D eigenvalue weighted by Crippen LogP contribution is -2.29. The zero-order valence-corrected chi connectivity index (χ0v) is 14.0. The standard InChI is InChI=1S/C15H25N5OS/c1-2-3-10-22-15-18-12(16)11-13(19-15)17-7-6-14(21)20-8-4-5-9-20/h11H,2-10H2,1H3,(H3,16,17,18,19). The Morgan fingerprint density at radius 2 is 2.18 bits per heavy atom. The molecule has 1 fully saturated rings. The molecule has 0 bridgehead atoms. The van der Waals surface area contributed by atoms with Crippen LogP contribution in [0.1, 0.15) is 39.0 Å². The van der Waals surface area contributed by atoms with Gasteiger partial charge in [0, 0.05) is 37.9 Å². The number of nitrogens with zero attached hydrogens (tertiary/aromatic N) is 3. The molecular weight excluding hydrogens is 298 g/mol. The van der Waals surface area contributed by atoms with Crippen molar-refractivity contribution in [3.05, 3.63) is 6.07 Å². The molecule has 0 spiro atoms. The summed E-state index contributed by atoms with van der Waals surface area (Å²) < 4.78 is 0. The zero-order chi connectivity index (χ0) is 15.8. The van der Waals surface area contributed by atoms with Gasteiger partial charge < -0.3 is 16.0 Å². The van der Waals surface area contributed by atoms with E-state index in [0.717, 1.165) is 44.5 Å². The largest absolute Gasteiger partial charge is 0.383 e. The third-order valence-electron chi connectivity index (χ3n) is 3.56. The second-order valence-electron chi connectivity index (χ2n) is 5.43. The van der Waals surface area contributed by atoms with Crippen molar-refractivity contribution in [3.8, 4) is 0 Å². The van der Waals surface area contributed by atoms with E-state index in [1.807, 2.05) is 4.90 Å². The first kappa shape index (κ1) is 16.9. The zero-order valence-electron chi connectivity index (χ0n) is 13.2. The number of unbranched alkanes of at least 4 members (excludes halogenated alkanes) is 1. The number of carbonyl (C=O) groups excluding carboxylic acids is 1. The van der Waals surface area contributed by atoms with Gasteiger partial charge in [0.25, 0.3) is 0 Å². The molecule has 3 N–H and O–H groups in total. The average Bonchev–Trinajstić information content (AvgIpc) is 3.01. The average molecular weight is 323 g/mol. The van der Waals surface area contributed by atoms with E-state index >= 15 is 0 Å². The van der Waals surface area contributed by atoms with E-state index in [0.29, 0.717) is 29.8 Å². The van der Waals surface area contributed by atoms with Crippen LogP contribution in [0.25, 0.3) is 0 Å². The van der Waals surface area contributed by atoms with Gasteiger partial charge in [-0.05, 0) is 19.3 Å². The Kier molecular flexibility index (Phi) is 6.76. The van der Waals surface area contributed by atoms with Crippen molar-refractivity contribution < 1.29 is 4.79 Å². The third kappa shape index (κ3) is 5.36. The lowest BCUT2D eigenvalue weighted by atomic mass is 10.3. The Hall–Kier alpha value is -1.50. The summed E-state index contributed by atoms with van der Waals surface area (Å²) in [7, 11) is 0. The van der Waals surface area contributed by atoms with Gasteiger partial charge in [-0.25, -0.2) is 9.97 Å². The number of hydrogen-bond donors (Lipinski definition) is 2. The fourth-order valence-corrected chi connectivity index (χ4v) is 3.28. The molecule has 2 rings (SSSR count). The van der Waals surface area contributed by atoms with Crippen LogP contribution in [0.5, 0.6) is 0 Å². The fourth-order valence-electron chi connectivity index (χ4n) is 2.33. The van der Waals surface area contributed by atoms with Crippen LogP contribution in [-0.2, 0) is 4.79 Å². The van der Waals surface area contributed by atoms with Gasteiger partial charge in [-0.15, -0.1) is 0 Å². The van der Waals surface area contributed by atoms with Gasteiger partial charge in [0.2, 0.25) is 5.91 Å². The van der Waals surface area contributed by atoms with Gasteiger partial charge in [-0.1, -0.05) is 25.1 Å². The van der Waals surface area contributed by atoms with Gasteiger partial charge in [0.05, 0.1) is 0 Å². The van der Waals surface area contributed by atoms with Crippen LogP contribution in [0, 0.1) is 0 Å². The minimum atomic E-state index is 0.213. The number of carbonyl (C=O) groups is 1. The van der Waals surface area contributed by atoms with Crippen molar-refractivity contribution in [1.82, 2.24) is 14.9 Å². The van der Waals surface area contributed by atoms with E-state index in [1.165, 1.54) is 0 Å². The number of rotatable bonds is 8. The van der Waals surface area contributed by atoms with Crippen LogP contribution < -0.4 is 11.1 Å². The number of nitrogen functional groups attached to an aromatic ring is 1. The molecule has 6 nitrogen and oxygen atoms in total. The molecule has 1 saturated heterocycles. The first-order chi connectivity index (χ1) is 10.7. The number of nitrogens with one attached hydrogen (secondary N) is 1. The predicted octanol–water partition coefficient (Wildman–Crippen LogP) is 2.38. The summed E-state index contributed by atoms with van der Waals surface area (Å²) in [6, 6.07) is 1.71. The molecule has 0 atom stereocenters. The van der Waals surface area contributed by atoms with Crippen LogP contribution in [-0.4, -0.2) is 46.2 Å². The fraction of sp³-hybridized carbons (Fsp3) is 0.667. The molecule has 2 heterocycles. The quantitative estimate of drug-likeness (QED) is 0.434. The summed E-state index contributed by atoms with van der Waals surface area (Å²) in [6.07, 6.45) is 5.02. The molecule has 0 aromatic carbocycles. The molecule has 7 heteroatoms. The number of thioether (sulfide) groups is 1. The molecule has 0 aliphatic carbocycles. The third-order valence-corrected chi connectivity index (χ3v) is 4.49. The highest BCUT2D eigenvalue weighted by atomic mass is 32.2. The van der Waals surface area contributed by atoms with Crippen molar-refractivity contribution in [1.29, 1.82) is 0 Å². The van der Waals surface area contributed by atoms with E-state index in [2.05, 4.69) is 22.2 Å². The van der Waals surface area contributed by atoms with E-state index in [1.54, 1.807) is 17.8 Å². The van der Waals surface area contributed by atoms with Crippen LogP contribution in [0.4, 0.5) is 11.6 Å². The minimum absolute atomic E-state index is 0.213. The van der Waals surface area contributed by atoms with Crippen molar-refractivity contribution in [2.45, 2.75) is 44.2 Å². The van der Waals surface area contributed by atoms with E-state index in [9.17, 15) is 4.79 Å². The molecule has 0 unspecified atom stereocenters. The molecule has 0 saturated carbocycles. The van der Waals surface area contributed by atoms with Crippen molar-refractivity contribution in [3.63, 3.8) is 0 Å². The Morgan fingerprint density at radius 3 is 2.91 bits per heavy atom. The summed E-state index contributed by atoms with van der Waals surface area (Å²) in [6.45, 7) is 4.53. The lowest BCUT2D eigenvalue weighted by Gasteiger charge is -2.15. The molecule has 1 aliphatic rings. The Morgan fingerprint density at radius 1 is 1.41 bits per heavy atom. The molecular formula is C15H25N5OS. The Labute approximate surface area is 136 Å². The highest BCUT2D eigenvalue weighted by molar-refractivity contribution is 7.99. The first-order valence-electron chi connectivity index (χ1n) is 7.98. The van der Waals surface area contributed by atoms with Gasteiger partial charge in [0.1, 0.15) is 11.6 Å². The smallest absolute Gasteiger partial charge is 0.224 e. The molecule has 122 valence electrons. The predicted molar refractivity (Wildman–Crippen MR) is 91.0 cm³/mol. The van der Waals surface area contributed by atoms with E-state index in [4.69, 9.17) is 5.73 Å². The Balaban J connectivity index is 1.79. The maximum Gasteiger partial charge on any atom is 0.224 e.